The fraction of sp³-hybridized carbons (Fsp3) is 0.500. The van der Waals surface area contributed by atoms with E-state index in [0.717, 1.165) is 6.08 Å². The highest BCUT2D eigenvalue weighted by Gasteiger charge is 2.47. The van der Waals surface area contributed by atoms with Crippen LogP contribution in [0, 0.1) is 0 Å². The van der Waals surface area contributed by atoms with Crippen molar-refractivity contribution < 1.29 is 53.8 Å². The lowest BCUT2D eigenvalue weighted by molar-refractivity contribution is -0.141. The number of hydrogen-bond donors (Lipinski definition) is 4. The molecule has 0 radical (unpaired) electrons. The third kappa shape index (κ3) is 4.63. The van der Waals surface area contributed by atoms with Crippen molar-refractivity contribution in [3.63, 3.8) is 0 Å². The summed E-state index contributed by atoms with van der Waals surface area (Å²) in [6.07, 6.45) is -0.958. The Kier molecular flexibility index (Phi) is 6.50. The van der Waals surface area contributed by atoms with Crippen LogP contribution >= 0.6 is 0 Å². The Morgan fingerprint density at radius 1 is 1.00 bits per heavy atom. The summed E-state index contributed by atoms with van der Waals surface area (Å²) in [4.78, 5) is 34.8. The molecule has 0 aromatic heterocycles. The lowest BCUT2D eigenvalue weighted by Crippen LogP contribution is -2.40. The molecule has 4 aliphatic heterocycles. The molecule has 33 heavy (non-hydrogen) atoms. The molecule has 2 fully saturated rings. The first-order valence-corrected chi connectivity index (χ1v) is 10.4. The van der Waals surface area contributed by atoms with E-state index >= 15 is 0 Å². The molecule has 0 amide bonds. The monoisotopic (exact) mass is 464 g/mol. The Balaban J connectivity index is 1.50. The molecule has 0 aliphatic carbocycles. The molecule has 4 heterocycles. The van der Waals surface area contributed by atoms with Crippen molar-refractivity contribution in [3.8, 4) is 0 Å². The number of esters is 2. The van der Waals surface area contributed by atoms with Gasteiger partial charge in [0, 0.05) is 12.5 Å². The van der Waals surface area contributed by atoms with Crippen LogP contribution in [0.3, 0.4) is 0 Å². The Morgan fingerprint density at radius 3 is 2.27 bits per heavy atom. The van der Waals surface area contributed by atoms with E-state index in [1.807, 2.05) is 0 Å². The van der Waals surface area contributed by atoms with Gasteiger partial charge in [-0.05, 0) is 30.7 Å². The SMILES string of the molecule is C[C@@H]1OC(=O)C2=C[C@@H](O)[C@@H](/C=C(\CO)C[C@@H]3OC(=O)C4=C[C@@H](O)[C@@H](/C=C/C(=O)O)O[C@@H]43)O[C@@H]21. The van der Waals surface area contributed by atoms with Gasteiger partial charge in [0.25, 0.3) is 0 Å². The van der Waals surface area contributed by atoms with Crippen molar-refractivity contribution >= 4 is 17.9 Å². The van der Waals surface area contributed by atoms with Crippen molar-refractivity contribution in [2.75, 3.05) is 6.61 Å². The highest BCUT2D eigenvalue weighted by atomic mass is 16.6. The first kappa shape index (κ1) is 23.3. The maximum absolute atomic E-state index is 12.2. The maximum atomic E-state index is 12.2. The zero-order chi connectivity index (χ0) is 23.9. The van der Waals surface area contributed by atoms with E-state index in [2.05, 4.69) is 0 Å². The van der Waals surface area contributed by atoms with Crippen molar-refractivity contribution in [2.45, 2.75) is 62.2 Å². The number of carboxylic acids is 1. The van der Waals surface area contributed by atoms with Gasteiger partial charge in [0.1, 0.15) is 48.8 Å². The number of fused-ring (bicyclic) bond motifs is 2. The van der Waals surface area contributed by atoms with Crippen LogP contribution < -0.4 is 0 Å². The van der Waals surface area contributed by atoms with Gasteiger partial charge in [0.2, 0.25) is 0 Å². The summed E-state index contributed by atoms with van der Waals surface area (Å²) in [5.74, 6) is -2.44. The van der Waals surface area contributed by atoms with Crippen LogP contribution in [-0.4, -0.2) is 93.8 Å². The van der Waals surface area contributed by atoms with E-state index in [0.29, 0.717) is 5.57 Å². The predicted octanol–water partition coefficient (Wildman–Crippen LogP) is -1.08. The number of aliphatic carboxylic acids is 1. The van der Waals surface area contributed by atoms with Gasteiger partial charge in [-0.1, -0.05) is 6.08 Å². The minimum Gasteiger partial charge on any atom is -0.478 e. The highest BCUT2D eigenvalue weighted by molar-refractivity contribution is 5.93. The minimum atomic E-state index is -1.23. The lowest BCUT2D eigenvalue weighted by atomic mass is 9.94. The standard InChI is InChI=1S/C22H24O11/c1-9-19-11(21(28)30-9)6-14(25)16(32-19)4-10(8-23)5-17-20-12(22(29)33-17)7-13(24)15(31-20)2-3-18(26)27/h2-4,6-7,9,13-17,19-20,23-25H,5,8H2,1H3,(H,26,27)/b3-2+,10-4-/t9-,13+,14+,15+,16+,17-,19+,20-/m0/s1. The highest BCUT2D eigenvalue weighted by Crippen LogP contribution is 2.35. The summed E-state index contributed by atoms with van der Waals surface area (Å²) >= 11 is 0. The average molecular weight is 464 g/mol. The molecule has 4 aliphatic rings. The third-order valence-corrected chi connectivity index (χ3v) is 5.88. The Labute approximate surface area is 188 Å². The van der Waals surface area contributed by atoms with Gasteiger partial charge in [-0.3, -0.25) is 0 Å². The molecule has 2 saturated heterocycles. The molecular formula is C22H24O11. The van der Waals surface area contributed by atoms with E-state index in [1.54, 1.807) is 6.92 Å². The number of carboxylic acid groups (broad SMARTS) is 1. The van der Waals surface area contributed by atoms with Crippen molar-refractivity contribution in [3.05, 3.63) is 47.1 Å². The molecule has 4 rings (SSSR count). The molecule has 0 spiro atoms. The van der Waals surface area contributed by atoms with Gasteiger partial charge in [0.05, 0.1) is 17.8 Å². The molecule has 0 bridgehead atoms. The van der Waals surface area contributed by atoms with Crippen molar-refractivity contribution in [1.29, 1.82) is 0 Å². The van der Waals surface area contributed by atoms with Gasteiger partial charge >= 0.3 is 17.9 Å². The Bertz CT molecular complexity index is 961. The zero-order valence-electron chi connectivity index (χ0n) is 17.6. The molecular weight excluding hydrogens is 440 g/mol. The number of aliphatic hydroxyl groups is 3. The molecule has 178 valence electrons. The molecule has 0 aromatic rings. The van der Waals surface area contributed by atoms with Crippen molar-refractivity contribution in [1.82, 2.24) is 0 Å². The molecule has 8 atom stereocenters. The number of hydrogen-bond acceptors (Lipinski definition) is 10. The molecule has 11 nitrogen and oxygen atoms in total. The van der Waals surface area contributed by atoms with E-state index < -0.39 is 73.3 Å². The summed E-state index contributed by atoms with van der Waals surface area (Å²) in [7, 11) is 0. The lowest BCUT2D eigenvalue weighted by Gasteiger charge is -2.30. The Morgan fingerprint density at radius 2 is 1.61 bits per heavy atom. The number of aliphatic hydroxyl groups excluding tert-OH is 3. The number of carbonyl (C=O) groups is 3. The second kappa shape index (κ2) is 9.20. The first-order valence-electron chi connectivity index (χ1n) is 10.4. The topological polar surface area (TPSA) is 169 Å². The van der Waals surface area contributed by atoms with Crippen LogP contribution in [-0.2, 0) is 33.3 Å². The number of ether oxygens (including phenoxy) is 4. The smallest absolute Gasteiger partial charge is 0.336 e. The van der Waals surface area contributed by atoms with Gasteiger partial charge in [0.15, 0.2) is 0 Å². The second-order valence-corrected chi connectivity index (χ2v) is 8.21. The van der Waals surface area contributed by atoms with Crippen LogP contribution in [0.4, 0.5) is 0 Å². The summed E-state index contributed by atoms with van der Waals surface area (Å²) in [5.41, 5.74) is 0.751. The van der Waals surface area contributed by atoms with Crippen LogP contribution in [0.5, 0.6) is 0 Å². The zero-order valence-corrected chi connectivity index (χ0v) is 17.6. The second-order valence-electron chi connectivity index (χ2n) is 8.21. The van der Waals surface area contributed by atoms with E-state index in [4.69, 9.17) is 24.1 Å². The van der Waals surface area contributed by atoms with Crippen molar-refractivity contribution in [2.24, 2.45) is 0 Å². The molecule has 0 unspecified atom stereocenters. The number of carbonyl (C=O) groups excluding carboxylic acids is 2. The van der Waals surface area contributed by atoms with Gasteiger partial charge in [-0.25, -0.2) is 14.4 Å². The van der Waals surface area contributed by atoms with Gasteiger partial charge in [-0.15, -0.1) is 0 Å². The van der Waals surface area contributed by atoms with Gasteiger partial charge < -0.3 is 39.4 Å². The van der Waals surface area contributed by atoms with E-state index in [9.17, 15) is 29.7 Å². The van der Waals surface area contributed by atoms with Crippen LogP contribution in [0.15, 0.2) is 47.1 Å². The van der Waals surface area contributed by atoms with E-state index in [-0.39, 0.29) is 17.6 Å². The van der Waals surface area contributed by atoms with Crippen LogP contribution in [0.2, 0.25) is 0 Å². The summed E-state index contributed by atoms with van der Waals surface area (Å²) in [6, 6.07) is 0. The summed E-state index contributed by atoms with van der Waals surface area (Å²) in [5, 5.41) is 39.2. The maximum Gasteiger partial charge on any atom is 0.336 e. The van der Waals surface area contributed by atoms with Gasteiger partial charge in [-0.2, -0.15) is 0 Å². The van der Waals surface area contributed by atoms with E-state index in [1.165, 1.54) is 24.3 Å². The third-order valence-electron chi connectivity index (χ3n) is 5.88. The molecule has 0 saturated carbocycles. The fourth-order valence-corrected chi connectivity index (χ4v) is 4.28. The normalized spacial score (nSPS) is 38.4. The summed E-state index contributed by atoms with van der Waals surface area (Å²) in [6.45, 7) is 1.24. The fourth-order valence-electron chi connectivity index (χ4n) is 4.28. The van der Waals surface area contributed by atoms with Crippen LogP contribution in [0.25, 0.3) is 0 Å². The number of cyclic esters (lactones) is 2. The average Bonchev–Trinajstić information content (AvgIpc) is 3.20. The number of rotatable bonds is 6. The first-order chi connectivity index (χ1) is 15.7. The summed E-state index contributed by atoms with van der Waals surface area (Å²) < 4.78 is 22.0. The predicted molar refractivity (Wildman–Crippen MR) is 107 cm³/mol. The minimum absolute atomic E-state index is 0.0362. The molecule has 0 aromatic carbocycles. The molecule has 11 heteroatoms. The Hall–Kier alpha value is -2.83. The largest absolute Gasteiger partial charge is 0.478 e. The van der Waals surface area contributed by atoms with Crippen LogP contribution in [0.1, 0.15) is 13.3 Å². The molecule has 4 N–H and O–H groups in total. The quantitative estimate of drug-likeness (QED) is 0.214.